The monoisotopic (exact) mass is 293 g/mol. The third-order valence-corrected chi connectivity index (χ3v) is 2.60. The van der Waals surface area contributed by atoms with E-state index in [0.29, 0.717) is 17.1 Å². The van der Waals surface area contributed by atoms with Crippen molar-refractivity contribution in [1.29, 1.82) is 0 Å². The number of rotatable bonds is 3. The van der Waals surface area contributed by atoms with Gasteiger partial charge in [-0.15, -0.1) is 0 Å². The van der Waals surface area contributed by atoms with Crippen molar-refractivity contribution in [2.45, 2.75) is 18.3 Å². The molecule has 15 heavy (non-hydrogen) atoms. The van der Waals surface area contributed by atoms with Gasteiger partial charge in [-0.1, -0.05) is 33.6 Å². The van der Waals surface area contributed by atoms with Gasteiger partial charge in [0.2, 0.25) is 5.91 Å². The van der Waals surface area contributed by atoms with Crippen molar-refractivity contribution in [2.24, 2.45) is 0 Å². The number of amides is 1. The first-order valence-corrected chi connectivity index (χ1v) is 5.66. The van der Waals surface area contributed by atoms with Crippen molar-refractivity contribution in [1.82, 2.24) is 5.32 Å². The van der Waals surface area contributed by atoms with Crippen LogP contribution in [0.4, 0.5) is 4.39 Å². The van der Waals surface area contributed by atoms with Crippen molar-refractivity contribution in [3.8, 4) is 0 Å². The molecular formula is C10H10BrClFNO. The largest absolute Gasteiger partial charge is 0.351 e. The Labute approximate surface area is 101 Å². The molecule has 1 N–H and O–H groups in total. The number of hydrogen-bond acceptors (Lipinski definition) is 1. The van der Waals surface area contributed by atoms with Crippen LogP contribution < -0.4 is 5.32 Å². The van der Waals surface area contributed by atoms with E-state index >= 15 is 0 Å². The Morgan fingerprint density at radius 1 is 1.67 bits per heavy atom. The molecule has 0 spiro atoms. The Balaban J connectivity index is 2.62. The fourth-order valence-corrected chi connectivity index (χ4v) is 1.38. The second-order valence-corrected chi connectivity index (χ2v) is 4.85. The maximum Gasteiger partial charge on any atom is 0.233 e. The SMILES string of the molecule is CC(Br)C(=O)NCc1ccc(F)cc1Cl. The van der Waals surface area contributed by atoms with Crippen LogP contribution in [0.2, 0.25) is 5.02 Å². The second-order valence-electron chi connectivity index (χ2n) is 3.07. The smallest absolute Gasteiger partial charge is 0.233 e. The van der Waals surface area contributed by atoms with Crippen LogP contribution in [-0.2, 0) is 11.3 Å². The lowest BCUT2D eigenvalue weighted by atomic mass is 10.2. The van der Waals surface area contributed by atoms with E-state index in [1.807, 2.05) is 0 Å². The van der Waals surface area contributed by atoms with E-state index in [1.165, 1.54) is 12.1 Å². The van der Waals surface area contributed by atoms with Gasteiger partial charge in [0, 0.05) is 11.6 Å². The van der Waals surface area contributed by atoms with Crippen molar-refractivity contribution in [3.63, 3.8) is 0 Å². The van der Waals surface area contributed by atoms with Gasteiger partial charge in [-0.3, -0.25) is 4.79 Å². The third kappa shape index (κ3) is 3.80. The molecule has 1 amide bonds. The minimum atomic E-state index is -0.385. The summed E-state index contributed by atoms with van der Waals surface area (Å²) in [5.74, 6) is -0.515. The van der Waals surface area contributed by atoms with Crippen molar-refractivity contribution in [2.75, 3.05) is 0 Å². The van der Waals surface area contributed by atoms with E-state index in [0.717, 1.165) is 0 Å². The van der Waals surface area contributed by atoms with E-state index in [2.05, 4.69) is 21.2 Å². The van der Waals surface area contributed by atoms with Crippen LogP contribution in [0.15, 0.2) is 18.2 Å². The highest BCUT2D eigenvalue weighted by molar-refractivity contribution is 9.10. The van der Waals surface area contributed by atoms with E-state index in [-0.39, 0.29) is 16.6 Å². The third-order valence-electron chi connectivity index (χ3n) is 1.83. The van der Waals surface area contributed by atoms with Crippen LogP contribution in [0.1, 0.15) is 12.5 Å². The molecule has 0 heterocycles. The molecular weight excluding hydrogens is 284 g/mol. The number of alkyl halides is 1. The summed E-state index contributed by atoms with van der Waals surface area (Å²) in [5, 5.41) is 2.98. The van der Waals surface area contributed by atoms with Gasteiger partial charge in [0.1, 0.15) is 5.82 Å². The van der Waals surface area contributed by atoms with Crippen LogP contribution in [0, 0.1) is 5.82 Å². The molecule has 0 aliphatic heterocycles. The van der Waals surface area contributed by atoms with Crippen LogP contribution in [-0.4, -0.2) is 10.7 Å². The lowest BCUT2D eigenvalue weighted by molar-refractivity contribution is -0.120. The number of hydrogen-bond donors (Lipinski definition) is 1. The van der Waals surface area contributed by atoms with E-state index in [9.17, 15) is 9.18 Å². The van der Waals surface area contributed by atoms with Gasteiger partial charge in [0.05, 0.1) is 4.83 Å². The lowest BCUT2D eigenvalue weighted by Gasteiger charge is -2.08. The minimum Gasteiger partial charge on any atom is -0.351 e. The lowest BCUT2D eigenvalue weighted by Crippen LogP contribution is -2.28. The standard InChI is InChI=1S/C10H10BrClFNO/c1-6(11)10(15)14-5-7-2-3-8(13)4-9(7)12/h2-4,6H,5H2,1H3,(H,14,15). The average molecular weight is 295 g/mol. The van der Waals surface area contributed by atoms with E-state index in [1.54, 1.807) is 13.0 Å². The van der Waals surface area contributed by atoms with Gasteiger partial charge in [-0.2, -0.15) is 0 Å². The molecule has 0 aromatic heterocycles. The summed E-state index contributed by atoms with van der Waals surface area (Å²) >= 11 is 8.93. The fraction of sp³-hybridized carbons (Fsp3) is 0.300. The van der Waals surface area contributed by atoms with Gasteiger partial charge in [-0.25, -0.2) is 4.39 Å². The zero-order valence-corrected chi connectivity index (χ0v) is 10.4. The summed E-state index contributed by atoms with van der Waals surface area (Å²) in [6.07, 6.45) is 0. The number of halogens is 3. The number of carbonyl (C=O) groups is 1. The van der Waals surface area contributed by atoms with Gasteiger partial charge in [0.15, 0.2) is 0 Å². The highest BCUT2D eigenvalue weighted by Crippen LogP contribution is 2.16. The summed E-state index contributed by atoms with van der Waals surface area (Å²) in [5.41, 5.74) is 0.694. The number of benzene rings is 1. The Morgan fingerprint density at radius 3 is 2.87 bits per heavy atom. The zero-order chi connectivity index (χ0) is 11.4. The Hall–Kier alpha value is -0.610. The maximum absolute atomic E-state index is 12.7. The van der Waals surface area contributed by atoms with Crippen molar-refractivity contribution >= 4 is 33.4 Å². The second kappa shape index (κ2) is 5.47. The average Bonchev–Trinajstić information content (AvgIpc) is 2.15. The fourth-order valence-electron chi connectivity index (χ4n) is 0.988. The summed E-state index contributed by atoms with van der Waals surface area (Å²) in [7, 11) is 0. The van der Waals surface area contributed by atoms with E-state index in [4.69, 9.17) is 11.6 Å². The Kier molecular flexibility index (Phi) is 4.54. The predicted octanol–water partition coefficient (Wildman–Crippen LogP) is 2.88. The summed E-state index contributed by atoms with van der Waals surface area (Å²) in [6, 6.07) is 4.09. The molecule has 0 fully saturated rings. The summed E-state index contributed by atoms with van der Waals surface area (Å²) in [6.45, 7) is 2.02. The molecule has 0 aliphatic carbocycles. The van der Waals surface area contributed by atoms with Crippen LogP contribution >= 0.6 is 27.5 Å². The van der Waals surface area contributed by atoms with Crippen molar-refractivity contribution in [3.05, 3.63) is 34.6 Å². The van der Waals surface area contributed by atoms with Gasteiger partial charge in [0.25, 0.3) is 0 Å². The van der Waals surface area contributed by atoms with E-state index < -0.39 is 0 Å². The first-order valence-electron chi connectivity index (χ1n) is 4.36. The van der Waals surface area contributed by atoms with Gasteiger partial charge >= 0.3 is 0 Å². The molecule has 0 bridgehead atoms. The summed E-state index contributed by atoms with van der Waals surface area (Å²) in [4.78, 5) is 11.0. The Morgan fingerprint density at radius 2 is 2.33 bits per heavy atom. The quantitative estimate of drug-likeness (QED) is 0.853. The first-order chi connectivity index (χ1) is 7.00. The minimum absolute atomic E-state index is 0.129. The van der Waals surface area contributed by atoms with Crippen molar-refractivity contribution < 1.29 is 9.18 Å². The predicted molar refractivity (Wildman–Crippen MR) is 61.6 cm³/mol. The van der Waals surface area contributed by atoms with Crippen LogP contribution in [0.25, 0.3) is 0 Å². The van der Waals surface area contributed by atoms with Gasteiger partial charge < -0.3 is 5.32 Å². The molecule has 2 nitrogen and oxygen atoms in total. The summed E-state index contributed by atoms with van der Waals surface area (Å²) < 4.78 is 12.7. The highest BCUT2D eigenvalue weighted by atomic mass is 79.9. The number of carbonyl (C=O) groups excluding carboxylic acids is 1. The number of nitrogens with one attached hydrogen (secondary N) is 1. The topological polar surface area (TPSA) is 29.1 Å². The molecule has 0 aliphatic rings. The normalized spacial score (nSPS) is 12.3. The molecule has 1 unspecified atom stereocenters. The molecule has 0 saturated heterocycles. The highest BCUT2D eigenvalue weighted by Gasteiger charge is 2.09. The molecule has 1 atom stereocenters. The van der Waals surface area contributed by atoms with Gasteiger partial charge in [-0.05, 0) is 24.6 Å². The molecule has 0 radical (unpaired) electrons. The molecule has 5 heteroatoms. The first kappa shape index (κ1) is 12.5. The Bertz CT molecular complexity index is 370. The van der Waals surface area contributed by atoms with Crippen LogP contribution in [0.5, 0.6) is 0 Å². The molecule has 1 aromatic carbocycles. The molecule has 1 aromatic rings. The zero-order valence-electron chi connectivity index (χ0n) is 8.06. The molecule has 0 saturated carbocycles. The molecule has 82 valence electrons. The van der Waals surface area contributed by atoms with Crippen LogP contribution in [0.3, 0.4) is 0 Å². The molecule has 1 rings (SSSR count). The maximum atomic E-state index is 12.7.